The Balaban J connectivity index is 3.29. The van der Waals surface area contributed by atoms with Crippen LogP contribution in [0.1, 0.15) is 19.3 Å². The molecule has 0 saturated heterocycles. The van der Waals surface area contributed by atoms with Crippen molar-refractivity contribution in [2.45, 2.75) is 19.3 Å². The largest absolute Gasteiger partial charge is 0.270 e. The third-order valence-electron chi connectivity index (χ3n) is 0.979. The summed E-state index contributed by atoms with van der Waals surface area (Å²) in [5, 5.41) is 0. The molecule has 0 aromatic carbocycles. The van der Waals surface area contributed by atoms with E-state index in [0.717, 1.165) is 25.3 Å². The van der Waals surface area contributed by atoms with E-state index in [1.54, 1.807) is 6.08 Å². The van der Waals surface area contributed by atoms with Gasteiger partial charge >= 0.3 is 0 Å². The molecule has 0 saturated carbocycles. The minimum atomic E-state index is -1.65. The van der Waals surface area contributed by atoms with Crippen molar-refractivity contribution in [3.8, 4) is 0 Å². The van der Waals surface area contributed by atoms with Gasteiger partial charge < -0.3 is 0 Å². The van der Waals surface area contributed by atoms with Crippen molar-refractivity contribution in [3.63, 3.8) is 0 Å². The number of halogens is 2. The van der Waals surface area contributed by atoms with E-state index in [-0.39, 0.29) is 0 Å². The van der Waals surface area contributed by atoms with Gasteiger partial charge in [-0.3, -0.25) is 0 Å². The highest BCUT2D eigenvalue weighted by Gasteiger charge is 1.80. The maximum Gasteiger partial charge on any atom is 0.270 e. The summed E-state index contributed by atoms with van der Waals surface area (Å²) in [6.45, 7) is 3.62. The van der Waals surface area contributed by atoms with Crippen LogP contribution in [0.2, 0.25) is 0 Å². The third kappa shape index (κ3) is 7.34. The van der Waals surface area contributed by atoms with Crippen LogP contribution in [-0.2, 0) is 0 Å². The fraction of sp³-hybridized carbons (Fsp3) is 0.375. The average molecular weight is 145 g/mol. The molecule has 0 nitrogen and oxygen atoms in total. The van der Waals surface area contributed by atoms with Crippen molar-refractivity contribution in [1.29, 1.82) is 0 Å². The molecule has 0 amide bonds. The van der Waals surface area contributed by atoms with E-state index < -0.39 is 6.08 Å². The highest BCUT2D eigenvalue weighted by Crippen LogP contribution is 1.98. The molecule has 0 aliphatic heterocycles. The molecule has 0 rings (SSSR count). The van der Waals surface area contributed by atoms with Crippen molar-refractivity contribution in [3.05, 3.63) is 31.2 Å². The van der Waals surface area contributed by atoms with Crippen LogP contribution in [-0.4, -0.2) is 0 Å². The van der Waals surface area contributed by atoms with Gasteiger partial charge in [-0.05, 0) is 12.8 Å². The van der Waals surface area contributed by atoms with Crippen LogP contribution in [0, 0.1) is 6.92 Å². The first kappa shape index (κ1) is 9.34. The lowest BCUT2D eigenvalue weighted by Crippen LogP contribution is -1.65. The van der Waals surface area contributed by atoms with E-state index in [2.05, 4.69) is 6.92 Å². The van der Waals surface area contributed by atoms with Crippen LogP contribution >= 0.6 is 0 Å². The van der Waals surface area contributed by atoms with E-state index in [0.29, 0.717) is 0 Å². The fourth-order valence-electron chi connectivity index (χ4n) is 0.499. The Morgan fingerprint density at radius 3 is 2.60 bits per heavy atom. The quantitative estimate of drug-likeness (QED) is 0.420. The van der Waals surface area contributed by atoms with Gasteiger partial charge in [-0.1, -0.05) is 25.5 Å². The summed E-state index contributed by atoms with van der Waals surface area (Å²) in [5.41, 5.74) is 0. The van der Waals surface area contributed by atoms with Crippen molar-refractivity contribution in [2.24, 2.45) is 0 Å². The zero-order valence-corrected chi connectivity index (χ0v) is 5.82. The van der Waals surface area contributed by atoms with Gasteiger partial charge in [0.15, 0.2) is 0 Å². The molecule has 57 valence electrons. The highest BCUT2D eigenvalue weighted by molar-refractivity contribution is 5.02. The molecule has 0 spiro atoms. The molecule has 2 heteroatoms. The maximum absolute atomic E-state index is 11.3. The highest BCUT2D eigenvalue weighted by atomic mass is 19.3. The van der Waals surface area contributed by atoms with Gasteiger partial charge in [0.05, 0.1) is 0 Å². The first-order chi connectivity index (χ1) is 4.77. The summed E-state index contributed by atoms with van der Waals surface area (Å²) in [7, 11) is 0. The summed E-state index contributed by atoms with van der Waals surface area (Å²) in [4.78, 5) is 0. The molecule has 0 aromatic heterocycles. The molecule has 0 N–H and O–H groups in total. The van der Waals surface area contributed by atoms with Crippen LogP contribution in [0.25, 0.3) is 0 Å². The normalized spacial score (nSPS) is 10.3. The molecule has 0 heterocycles. The minimum absolute atomic E-state index is 0.795. The van der Waals surface area contributed by atoms with Crippen LogP contribution in [0.3, 0.4) is 0 Å². The van der Waals surface area contributed by atoms with Gasteiger partial charge in [0.25, 0.3) is 6.08 Å². The van der Waals surface area contributed by atoms with Crippen molar-refractivity contribution < 1.29 is 8.78 Å². The Morgan fingerprint density at radius 2 is 2.10 bits per heavy atom. The van der Waals surface area contributed by atoms with E-state index in [1.165, 1.54) is 6.08 Å². The zero-order chi connectivity index (χ0) is 7.82. The Morgan fingerprint density at radius 1 is 1.40 bits per heavy atom. The first-order valence-corrected chi connectivity index (χ1v) is 3.24. The predicted octanol–water partition coefficient (Wildman–Crippen LogP) is 3.33. The van der Waals surface area contributed by atoms with Gasteiger partial charge in [0.1, 0.15) is 0 Å². The second-order valence-electron chi connectivity index (χ2n) is 1.88. The Labute approximate surface area is 60.2 Å². The van der Waals surface area contributed by atoms with Gasteiger partial charge in [0, 0.05) is 6.08 Å². The second kappa shape index (κ2) is 6.46. The number of hydrogen-bond acceptors (Lipinski definition) is 0. The summed E-state index contributed by atoms with van der Waals surface area (Å²) in [6.07, 6.45) is 4.86. The summed E-state index contributed by atoms with van der Waals surface area (Å²) >= 11 is 0. The number of unbranched alkanes of at least 4 members (excludes halogenated alkanes) is 2. The second-order valence-corrected chi connectivity index (χ2v) is 1.88. The maximum atomic E-state index is 11.3. The van der Waals surface area contributed by atoms with Gasteiger partial charge in [-0.2, -0.15) is 8.78 Å². The summed E-state index contributed by atoms with van der Waals surface area (Å²) < 4.78 is 22.7. The van der Waals surface area contributed by atoms with E-state index >= 15 is 0 Å². The molecule has 10 heavy (non-hydrogen) atoms. The smallest absolute Gasteiger partial charge is 0.173 e. The molecule has 0 fully saturated rings. The Kier molecular flexibility index (Phi) is 6.03. The van der Waals surface area contributed by atoms with Crippen molar-refractivity contribution in [2.75, 3.05) is 0 Å². The molecule has 1 radical (unpaired) electrons. The number of allylic oxidation sites excluding steroid dienone is 3. The summed E-state index contributed by atoms with van der Waals surface area (Å²) in [5.74, 6) is 0. The first-order valence-electron chi connectivity index (χ1n) is 3.24. The molecule has 0 bridgehead atoms. The Bertz CT molecular complexity index is 121. The van der Waals surface area contributed by atoms with Crippen molar-refractivity contribution in [1.82, 2.24) is 0 Å². The topological polar surface area (TPSA) is 0 Å². The SMILES string of the molecule is [CH2]CCC/C=C/C=C(F)F. The lowest BCUT2D eigenvalue weighted by atomic mass is 10.2. The van der Waals surface area contributed by atoms with Crippen LogP contribution in [0.4, 0.5) is 8.78 Å². The predicted molar refractivity (Wildman–Crippen MR) is 38.6 cm³/mol. The number of hydrogen-bond donors (Lipinski definition) is 0. The van der Waals surface area contributed by atoms with E-state index in [4.69, 9.17) is 0 Å². The number of rotatable bonds is 4. The minimum Gasteiger partial charge on any atom is -0.173 e. The van der Waals surface area contributed by atoms with Crippen molar-refractivity contribution >= 4 is 0 Å². The van der Waals surface area contributed by atoms with Gasteiger partial charge in [0.2, 0.25) is 0 Å². The molecule has 0 atom stereocenters. The fourth-order valence-corrected chi connectivity index (χ4v) is 0.499. The average Bonchev–Trinajstić information content (AvgIpc) is 1.87. The monoisotopic (exact) mass is 145 g/mol. The molecule has 0 aromatic rings. The molecular weight excluding hydrogens is 134 g/mol. The lowest BCUT2D eigenvalue weighted by molar-refractivity contribution is 0.422. The Hall–Kier alpha value is -0.660. The zero-order valence-electron chi connectivity index (χ0n) is 5.82. The molecule has 0 aliphatic rings. The lowest BCUT2D eigenvalue weighted by Gasteiger charge is -1.84. The molecular formula is C8H11F2. The van der Waals surface area contributed by atoms with E-state index in [1.807, 2.05) is 0 Å². The third-order valence-corrected chi connectivity index (χ3v) is 0.979. The van der Waals surface area contributed by atoms with Crippen LogP contribution in [0.5, 0.6) is 0 Å². The molecule has 0 unspecified atom stereocenters. The summed E-state index contributed by atoms with van der Waals surface area (Å²) in [6, 6.07) is 0. The van der Waals surface area contributed by atoms with Crippen LogP contribution in [0.15, 0.2) is 24.3 Å². The van der Waals surface area contributed by atoms with E-state index in [9.17, 15) is 8.78 Å². The molecule has 0 aliphatic carbocycles. The van der Waals surface area contributed by atoms with Gasteiger partial charge in [-0.25, -0.2) is 0 Å². The standard InChI is InChI=1S/C8H11F2/c1-2-3-4-5-6-7-8(9)10/h5-7H,1-4H2/b6-5+. The van der Waals surface area contributed by atoms with Crippen LogP contribution < -0.4 is 0 Å². The van der Waals surface area contributed by atoms with Gasteiger partial charge in [-0.15, -0.1) is 0 Å².